The lowest BCUT2D eigenvalue weighted by Gasteiger charge is -2.18. The smallest absolute Gasteiger partial charge is 0.134 e. The highest BCUT2D eigenvalue weighted by atomic mass is 79.9. The Morgan fingerprint density at radius 1 is 1.28 bits per heavy atom. The van der Waals surface area contributed by atoms with Crippen LogP contribution in [0.25, 0.3) is 0 Å². The zero-order valence-electron chi connectivity index (χ0n) is 10.4. The average molecular weight is 346 g/mol. The number of hydrogen-bond acceptors (Lipinski definition) is 4. The molecule has 0 radical (unpaired) electrons. The molecule has 0 spiro atoms. The fraction of sp³-hybridized carbons (Fsp3) is 0.385. The molecule has 5 heteroatoms. The van der Waals surface area contributed by atoms with Crippen molar-refractivity contribution in [3.63, 3.8) is 0 Å². The maximum atomic E-state index is 5.44. The number of rotatable bonds is 6. The maximum Gasteiger partial charge on any atom is 0.134 e. The van der Waals surface area contributed by atoms with Crippen LogP contribution in [0, 0.1) is 0 Å². The van der Waals surface area contributed by atoms with E-state index in [9.17, 15) is 0 Å². The number of thiophene rings is 2. The second-order valence-electron chi connectivity index (χ2n) is 3.87. The Balaban J connectivity index is 2.34. The molecule has 2 nitrogen and oxygen atoms in total. The number of nitrogens with one attached hydrogen (secondary N) is 1. The van der Waals surface area contributed by atoms with Gasteiger partial charge in [0, 0.05) is 9.35 Å². The standard InChI is InChI=1S/C13H16BrNOS2/c1-3-6-15-11(12-9(14)4-7-17-12)13-10(16-2)5-8-18-13/h4-5,7-8,11,15H,3,6H2,1-2H3. The van der Waals surface area contributed by atoms with Crippen molar-refractivity contribution in [2.45, 2.75) is 19.4 Å². The van der Waals surface area contributed by atoms with Gasteiger partial charge in [-0.15, -0.1) is 22.7 Å². The van der Waals surface area contributed by atoms with E-state index in [2.05, 4.69) is 45.0 Å². The van der Waals surface area contributed by atoms with Crippen LogP contribution in [0.1, 0.15) is 29.1 Å². The van der Waals surface area contributed by atoms with Crippen molar-refractivity contribution >= 4 is 38.6 Å². The monoisotopic (exact) mass is 345 g/mol. The lowest BCUT2D eigenvalue weighted by molar-refractivity contribution is 0.407. The predicted molar refractivity (Wildman–Crippen MR) is 83.0 cm³/mol. The summed E-state index contributed by atoms with van der Waals surface area (Å²) in [5, 5.41) is 7.79. The van der Waals surface area contributed by atoms with Gasteiger partial charge in [0.25, 0.3) is 0 Å². The zero-order chi connectivity index (χ0) is 13.0. The average Bonchev–Trinajstić information content (AvgIpc) is 2.99. The Morgan fingerprint density at radius 2 is 2.00 bits per heavy atom. The predicted octanol–water partition coefficient (Wildman–Crippen LogP) is 4.67. The Labute approximate surface area is 124 Å². The molecule has 0 amide bonds. The lowest BCUT2D eigenvalue weighted by Crippen LogP contribution is -2.22. The van der Waals surface area contributed by atoms with Crippen molar-refractivity contribution in [3.05, 3.63) is 37.1 Å². The highest BCUT2D eigenvalue weighted by Gasteiger charge is 2.22. The van der Waals surface area contributed by atoms with E-state index in [1.165, 1.54) is 9.75 Å². The van der Waals surface area contributed by atoms with Crippen LogP contribution in [0.4, 0.5) is 0 Å². The summed E-state index contributed by atoms with van der Waals surface area (Å²) in [4.78, 5) is 2.55. The van der Waals surface area contributed by atoms with Gasteiger partial charge >= 0.3 is 0 Å². The van der Waals surface area contributed by atoms with E-state index in [1.807, 2.05) is 6.07 Å². The number of halogens is 1. The van der Waals surface area contributed by atoms with Crippen molar-refractivity contribution in [1.29, 1.82) is 0 Å². The Bertz CT molecular complexity index is 495. The quantitative estimate of drug-likeness (QED) is 0.821. The summed E-state index contributed by atoms with van der Waals surface area (Å²) < 4.78 is 6.61. The number of methoxy groups -OCH3 is 1. The fourth-order valence-corrected chi connectivity index (χ4v) is 4.50. The topological polar surface area (TPSA) is 21.3 Å². The molecule has 2 heterocycles. The minimum atomic E-state index is 0.217. The lowest BCUT2D eigenvalue weighted by atomic mass is 10.2. The molecule has 18 heavy (non-hydrogen) atoms. The van der Waals surface area contributed by atoms with Crippen LogP contribution in [0.15, 0.2) is 27.4 Å². The first-order valence-corrected chi connectivity index (χ1v) is 8.40. The van der Waals surface area contributed by atoms with Crippen LogP contribution < -0.4 is 10.1 Å². The highest BCUT2D eigenvalue weighted by Crippen LogP contribution is 2.39. The van der Waals surface area contributed by atoms with Gasteiger partial charge in [0.2, 0.25) is 0 Å². The van der Waals surface area contributed by atoms with Gasteiger partial charge in [-0.25, -0.2) is 0 Å². The summed E-state index contributed by atoms with van der Waals surface area (Å²) in [6.07, 6.45) is 1.12. The van der Waals surface area contributed by atoms with Gasteiger partial charge in [-0.1, -0.05) is 6.92 Å². The summed E-state index contributed by atoms with van der Waals surface area (Å²) in [6, 6.07) is 4.34. The number of hydrogen-bond donors (Lipinski definition) is 1. The first-order valence-electron chi connectivity index (χ1n) is 5.85. The fourth-order valence-electron chi connectivity index (χ4n) is 1.79. The Kier molecular flexibility index (Phi) is 5.24. The third kappa shape index (κ3) is 2.96. The molecule has 0 saturated heterocycles. The van der Waals surface area contributed by atoms with Crippen LogP contribution in [0.3, 0.4) is 0 Å². The van der Waals surface area contributed by atoms with Crippen molar-refractivity contribution in [2.75, 3.05) is 13.7 Å². The molecule has 1 N–H and O–H groups in total. The SMILES string of the molecule is CCCNC(c1sccc1Br)c1sccc1OC. The summed E-state index contributed by atoms with van der Waals surface area (Å²) in [5.41, 5.74) is 0. The number of ether oxygens (including phenoxy) is 1. The van der Waals surface area contributed by atoms with E-state index >= 15 is 0 Å². The highest BCUT2D eigenvalue weighted by molar-refractivity contribution is 9.10. The first-order chi connectivity index (χ1) is 8.77. The molecule has 2 aromatic rings. The molecule has 2 rings (SSSR count). The van der Waals surface area contributed by atoms with E-state index in [4.69, 9.17) is 4.74 Å². The van der Waals surface area contributed by atoms with Gasteiger partial charge in [0.05, 0.1) is 18.0 Å². The van der Waals surface area contributed by atoms with Crippen molar-refractivity contribution in [3.8, 4) is 5.75 Å². The normalized spacial score (nSPS) is 12.6. The molecule has 2 aromatic heterocycles. The van der Waals surface area contributed by atoms with Crippen molar-refractivity contribution in [1.82, 2.24) is 5.32 Å². The molecule has 0 bridgehead atoms. The molecular weight excluding hydrogens is 330 g/mol. The molecule has 98 valence electrons. The third-order valence-corrected chi connectivity index (χ3v) is 5.54. The molecule has 0 fully saturated rings. The van der Waals surface area contributed by atoms with Crippen LogP contribution in [0.5, 0.6) is 5.75 Å². The van der Waals surface area contributed by atoms with Crippen molar-refractivity contribution < 1.29 is 4.74 Å². The molecule has 0 saturated carbocycles. The van der Waals surface area contributed by atoms with Gasteiger partial charge in [0.1, 0.15) is 5.75 Å². The zero-order valence-corrected chi connectivity index (χ0v) is 13.6. The minimum absolute atomic E-state index is 0.217. The molecule has 0 aromatic carbocycles. The second kappa shape index (κ2) is 6.70. The molecule has 0 aliphatic carbocycles. The Hall–Kier alpha value is -0.360. The minimum Gasteiger partial charge on any atom is -0.496 e. The molecule has 0 aliphatic rings. The summed E-state index contributed by atoms with van der Waals surface area (Å²) in [6.45, 7) is 3.18. The molecule has 1 atom stereocenters. The van der Waals surface area contributed by atoms with Crippen molar-refractivity contribution in [2.24, 2.45) is 0 Å². The van der Waals surface area contributed by atoms with Gasteiger partial charge < -0.3 is 10.1 Å². The van der Waals surface area contributed by atoms with E-state index in [1.54, 1.807) is 29.8 Å². The van der Waals surface area contributed by atoms with Crippen LogP contribution in [0.2, 0.25) is 0 Å². The summed E-state index contributed by atoms with van der Waals surface area (Å²) in [7, 11) is 1.73. The molecular formula is C13H16BrNOS2. The van der Waals surface area contributed by atoms with Crippen LogP contribution in [-0.4, -0.2) is 13.7 Å². The van der Waals surface area contributed by atoms with Gasteiger partial charge in [-0.3, -0.25) is 0 Å². The third-order valence-electron chi connectivity index (χ3n) is 2.64. The first kappa shape index (κ1) is 14.1. The molecule has 1 unspecified atom stereocenters. The van der Waals surface area contributed by atoms with E-state index in [0.717, 1.165) is 23.2 Å². The second-order valence-corrected chi connectivity index (χ2v) is 6.62. The van der Waals surface area contributed by atoms with Crippen LogP contribution in [-0.2, 0) is 0 Å². The largest absolute Gasteiger partial charge is 0.496 e. The Morgan fingerprint density at radius 3 is 2.61 bits per heavy atom. The summed E-state index contributed by atoms with van der Waals surface area (Å²) >= 11 is 7.13. The van der Waals surface area contributed by atoms with Gasteiger partial charge in [-0.05, 0) is 51.8 Å². The maximum absolute atomic E-state index is 5.44. The van der Waals surface area contributed by atoms with E-state index < -0.39 is 0 Å². The van der Waals surface area contributed by atoms with E-state index in [-0.39, 0.29) is 6.04 Å². The van der Waals surface area contributed by atoms with Crippen LogP contribution >= 0.6 is 38.6 Å². The van der Waals surface area contributed by atoms with Gasteiger partial charge in [0.15, 0.2) is 0 Å². The van der Waals surface area contributed by atoms with E-state index in [0.29, 0.717) is 0 Å². The van der Waals surface area contributed by atoms with Gasteiger partial charge in [-0.2, -0.15) is 0 Å². The molecule has 0 aliphatic heterocycles. The summed E-state index contributed by atoms with van der Waals surface area (Å²) in [5.74, 6) is 0.967.